The number of esters is 1. The minimum absolute atomic E-state index is 0.366. The van der Waals surface area contributed by atoms with E-state index in [1.807, 2.05) is 10.6 Å². The van der Waals surface area contributed by atoms with E-state index < -0.39 is 0 Å². The largest absolute Gasteiger partial charge is 0.465 e. The van der Waals surface area contributed by atoms with Crippen LogP contribution in [0.5, 0.6) is 0 Å². The average Bonchev–Trinajstić information content (AvgIpc) is 2.81. The van der Waals surface area contributed by atoms with Crippen LogP contribution in [0.3, 0.4) is 0 Å². The predicted molar refractivity (Wildman–Crippen MR) is 81.6 cm³/mol. The van der Waals surface area contributed by atoms with Crippen LogP contribution in [0.4, 0.5) is 5.95 Å². The lowest BCUT2D eigenvalue weighted by atomic mass is 10.2. The third kappa shape index (κ3) is 2.71. The lowest BCUT2D eigenvalue weighted by molar-refractivity contribution is 0.0600. The molecule has 1 aliphatic heterocycles. The van der Waals surface area contributed by atoms with Gasteiger partial charge in [0, 0.05) is 23.8 Å². The molecule has 112 valence electrons. The third-order valence-corrected chi connectivity index (χ3v) is 4.41. The number of aryl methyl sites for hydroxylation is 1. The summed E-state index contributed by atoms with van der Waals surface area (Å²) in [6.45, 7) is 2.17. The molecule has 21 heavy (non-hydrogen) atoms. The number of hydrogen-bond donors (Lipinski definition) is 1. The number of carbonyl (C=O) groups is 1. The highest BCUT2D eigenvalue weighted by Crippen LogP contribution is 2.32. The standard InChI is InChI=1S/C14H17N3O3S/c1-19-13(18)9-7-10-12-11(8-9)21-6-5-20-4-2-3-17(12)14(15)16-10/h7-8H,2-6H2,1H3,(H2,15,16). The van der Waals surface area contributed by atoms with Crippen LogP contribution in [0.2, 0.25) is 0 Å². The monoisotopic (exact) mass is 307 g/mol. The Morgan fingerprint density at radius 3 is 3.14 bits per heavy atom. The molecular weight excluding hydrogens is 290 g/mol. The zero-order chi connectivity index (χ0) is 14.8. The molecule has 3 rings (SSSR count). The molecule has 0 unspecified atom stereocenters. The molecule has 1 aromatic carbocycles. The zero-order valence-electron chi connectivity index (χ0n) is 11.8. The van der Waals surface area contributed by atoms with E-state index in [-0.39, 0.29) is 5.97 Å². The molecule has 0 saturated heterocycles. The Labute approximate surface area is 126 Å². The summed E-state index contributed by atoms with van der Waals surface area (Å²) in [7, 11) is 1.37. The van der Waals surface area contributed by atoms with E-state index in [1.54, 1.807) is 17.8 Å². The number of methoxy groups -OCH3 is 1. The van der Waals surface area contributed by atoms with Gasteiger partial charge in [-0.15, -0.1) is 11.8 Å². The number of imidazole rings is 1. The number of anilines is 1. The van der Waals surface area contributed by atoms with Crippen LogP contribution in [0.25, 0.3) is 11.0 Å². The minimum atomic E-state index is -0.366. The molecule has 0 spiro atoms. The van der Waals surface area contributed by atoms with Crippen molar-refractivity contribution in [3.05, 3.63) is 17.7 Å². The van der Waals surface area contributed by atoms with Gasteiger partial charge in [-0.3, -0.25) is 0 Å². The van der Waals surface area contributed by atoms with Crippen LogP contribution >= 0.6 is 11.8 Å². The number of benzene rings is 1. The van der Waals surface area contributed by atoms with Gasteiger partial charge in [-0.25, -0.2) is 9.78 Å². The van der Waals surface area contributed by atoms with Crippen LogP contribution < -0.4 is 5.73 Å². The van der Waals surface area contributed by atoms with Crippen molar-refractivity contribution in [2.24, 2.45) is 0 Å². The van der Waals surface area contributed by atoms with E-state index in [2.05, 4.69) is 4.98 Å². The fourth-order valence-corrected chi connectivity index (χ4v) is 3.44. The molecule has 0 radical (unpaired) electrons. The van der Waals surface area contributed by atoms with Gasteiger partial charge in [0.25, 0.3) is 0 Å². The molecule has 2 N–H and O–H groups in total. The van der Waals surface area contributed by atoms with Crippen molar-refractivity contribution in [2.45, 2.75) is 17.9 Å². The van der Waals surface area contributed by atoms with Crippen LogP contribution in [0, 0.1) is 0 Å². The first-order valence-electron chi connectivity index (χ1n) is 6.79. The molecule has 0 aliphatic carbocycles. The van der Waals surface area contributed by atoms with Crippen LogP contribution in [-0.2, 0) is 16.0 Å². The summed E-state index contributed by atoms with van der Waals surface area (Å²) in [6.07, 6.45) is 0.887. The maximum absolute atomic E-state index is 11.8. The van der Waals surface area contributed by atoms with Gasteiger partial charge in [0.05, 0.1) is 30.3 Å². The number of carbonyl (C=O) groups excluding carboxylic acids is 1. The van der Waals surface area contributed by atoms with Crippen molar-refractivity contribution in [3.63, 3.8) is 0 Å². The Balaban J connectivity index is 2.17. The van der Waals surface area contributed by atoms with E-state index in [0.29, 0.717) is 18.1 Å². The molecule has 0 saturated carbocycles. The molecule has 1 aliphatic rings. The lowest BCUT2D eigenvalue weighted by Gasteiger charge is -2.13. The summed E-state index contributed by atoms with van der Waals surface area (Å²) in [5, 5.41) is 0. The fourth-order valence-electron chi connectivity index (χ4n) is 2.46. The minimum Gasteiger partial charge on any atom is -0.465 e. The molecule has 1 aromatic heterocycles. The first-order valence-corrected chi connectivity index (χ1v) is 7.78. The summed E-state index contributed by atoms with van der Waals surface area (Å²) in [5.74, 6) is 0.926. The van der Waals surface area contributed by atoms with E-state index in [0.717, 1.165) is 41.3 Å². The second-order valence-electron chi connectivity index (χ2n) is 4.77. The topological polar surface area (TPSA) is 79.4 Å². The summed E-state index contributed by atoms with van der Waals surface area (Å²) in [4.78, 5) is 17.2. The fraction of sp³-hybridized carbons (Fsp3) is 0.429. The first kappa shape index (κ1) is 14.2. The van der Waals surface area contributed by atoms with Crippen LogP contribution in [-0.4, -0.2) is 41.6 Å². The summed E-state index contributed by atoms with van der Waals surface area (Å²) >= 11 is 1.64. The lowest BCUT2D eigenvalue weighted by Crippen LogP contribution is -2.09. The number of nitrogens with two attached hydrogens (primary N) is 1. The normalized spacial score (nSPS) is 15.9. The summed E-state index contributed by atoms with van der Waals surface area (Å²) < 4.78 is 12.3. The van der Waals surface area contributed by atoms with Gasteiger partial charge >= 0.3 is 5.97 Å². The van der Waals surface area contributed by atoms with Crippen molar-refractivity contribution in [3.8, 4) is 0 Å². The molecule has 0 fully saturated rings. The highest BCUT2D eigenvalue weighted by Gasteiger charge is 2.18. The number of ether oxygens (including phenoxy) is 2. The Hall–Kier alpha value is -1.73. The number of hydrogen-bond acceptors (Lipinski definition) is 6. The smallest absolute Gasteiger partial charge is 0.337 e. The third-order valence-electron chi connectivity index (χ3n) is 3.41. The Kier molecular flexibility index (Phi) is 4.03. The molecule has 6 nitrogen and oxygen atoms in total. The van der Waals surface area contributed by atoms with Crippen molar-refractivity contribution in [1.82, 2.24) is 9.55 Å². The Bertz CT molecular complexity index is 684. The van der Waals surface area contributed by atoms with E-state index in [9.17, 15) is 4.79 Å². The molecule has 0 bridgehead atoms. The highest BCUT2D eigenvalue weighted by molar-refractivity contribution is 7.99. The predicted octanol–water partition coefficient (Wildman–Crippen LogP) is 1.92. The van der Waals surface area contributed by atoms with Crippen LogP contribution in [0.15, 0.2) is 17.0 Å². The maximum atomic E-state index is 11.8. The van der Waals surface area contributed by atoms with E-state index in [1.165, 1.54) is 7.11 Å². The van der Waals surface area contributed by atoms with Crippen LogP contribution in [0.1, 0.15) is 16.8 Å². The van der Waals surface area contributed by atoms with Crippen molar-refractivity contribution < 1.29 is 14.3 Å². The van der Waals surface area contributed by atoms with Gasteiger partial charge < -0.3 is 19.8 Å². The molecule has 2 heterocycles. The Morgan fingerprint density at radius 1 is 1.48 bits per heavy atom. The molecule has 0 amide bonds. The molecule has 7 heteroatoms. The first-order chi connectivity index (χ1) is 10.2. The quantitative estimate of drug-likeness (QED) is 0.811. The molecular formula is C14H17N3O3S. The summed E-state index contributed by atoms with van der Waals surface area (Å²) in [6, 6.07) is 3.58. The second kappa shape index (κ2) is 5.95. The van der Waals surface area contributed by atoms with Crippen molar-refractivity contribution in [2.75, 3.05) is 31.8 Å². The van der Waals surface area contributed by atoms with Gasteiger partial charge in [0.1, 0.15) is 0 Å². The van der Waals surface area contributed by atoms with Gasteiger partial charge in [-0.1, -0.05) is 0 Å². The number of nitrogen functional groups attached to an aromatic ring is 1. The van der Waals surface area contributed by atoms with E-state index >= 15 is 0 Å². The van der Waals surface area contributed by atoms with Gasteiger partial charge in [0.15, 0.2) is 0 Å². The van der Waals surface area contributed by atoms with Crippen molar-refractivity contribution >= 4 is 34.7 Å². The van der Waals surface area contributed by atoms with Gasteiger partial charge in [-0.05, 0) is 18.6 Å². The molecule has 0 atom stereocenters. The SMILES string of the molecule is COC(=O)c1cc2c3c(c1)nc(N)n3CCCOCCS2. The number of nitrogens with zero attached hydrogens (tertiary/aromatic N) is 2. The average molecular weight is 307 g/mol. The second-order valence-corrected chi connectivity index (χ2v) is 5.91. The maximum Gasteiger partial charge on any atom is 0.337 e. The summed E-state index contributed by atoms with van der Waals surface area (Å²) in [5.41, 5.74) is 8.25. The highest BCUT2D eigenvalue weighted by atomic mass is 32.2. The van der Waals surface area contributed by atoms with E-state index in [4.69, 9.17) is 15.2 Å². The van der Waals surface area contributed by atoms with Gasteiger partial charge in [-0.2, -0.15) is 0 Å². The Morgan fingerprint density at radius 2 is 2.33 bits per heavy atom. The number of thioether (sulfide) groups is 1. The van der Waals surface area contributed by atoms with Crippen molar-refractivity contribution in [1.29, 1.82) is 0 Å². The number of rotatable bonds is 1. The van der Waals surface area contributed by atoms with Gasteiger partial charge in [0.2, 0.25) is 5.95 Å². The molecule has 2 aromatic rings. The zero-order valence-corrected chi connectivity index (χ0v) is 12.6. The number of aromatic nitrogens is 2.